The number of nitrogen functional groups attached to an aromatic ring is 1. The van der Waals surface area contributed by atoms with Crippen molar-refractivity contribution in [2.45, 2.75) is 10.1 Å². The lowest BCUT2D eigenvalue weighted by Crippen LogP contribution is -2.23. The number of hydrogen-bond acceptors (Lipinski definition) is 4. The average Bonchev–Trinajstić information content (AvgIpc) is 2.83. The van der Waals surface area contributed by atoms with Gasteiger partial charge in [-0.2, -0.15) is 0 Å². The van der Waals surface area contributed by atoms with Crippen molar-refractivity contribution < 1.29 is 9.21 Å². The number of amides is 1. The van der Waals surface area contributed by atoms with Gasteiger partial charge in [0, 0.05) is 4.90 Å². The maximum Gasteiger partial charge on any atom is 0.245 e. The molecule has 0 fully saturated rings. The number of carbonyl (C=O) groups excluding carboxylic acids is 1. The molecule has 5 heteroatoms. The van der Waals surface area contributed by atoms with Crippen molar-refractivity contribution in [1.29, 1.82) is 0 Å². The quantitative estimate of drug-likeness (QED) is 0.759. The highest BCUT2D eigenvalue weighted by Gasteiger charge is 2.31. The summed E-state index contributed by atoms with van der Waals surface area (Å²) in [5, 5.41) is 2.47. The van der Waals surface area contributed by atoms with Gasteiger partial charge in [-0.05, 0) is 24.3 Å². The van der Waals surface area contributed by atoms with Crippen LogP contribution < -0.4 is 11.1 Å². The van der Waals surface area contributed by atoms with Crippen LogP contribution in [0.3, 0.4) is 0 Å². The maximum absolute atomic E-state index is 12.0. The molecular formula is C12H10N2O2S. The summed E-state index contributed by atoms with van der Waals surface area (Å²) in [5.74, 6) is 0.552. The number of hydrogen-bond donors (Lipinski definition) is 2. The van der Waals surface area contributed by atoms with E-state index in [4.69, 9.17) is 10.2 Å². The Labute approximate surface area is 102 Å². The fourth-order valence-corrected chi connectivity index (χ4v) is 2.89. The highest BCUT2D eigenvalue weighted by atomic mass is 32.2. The molecule has 17 heavy (non-hydrogen) atoms. The number of carbonyl (C=O) groups is 1. The minimum atomic E-state index is -0.348. The third-order valence-corrected chi connectivity index (χ3v) is 3.87. The third kappa shape index (κ3) is 1.68. The van der Waals surface area contributed by atoms with E-state index in [-0.39, 0.29) is 11.2 Å². The van der Waals surface area contributed by atoms with Gasteiger partial charge < -0.3 is 15.5 Å². The Kier molecular flexibility index (Phi) is 2.33. The van der Waals surface area contributed by atoms with E-state index in [9.17, 15) is 4.79 Å². The molecule has 4 nitrogen and oxygen atoms in total. The highest BCUT2D eigenvalue weighted by Crippen LogP contribution is 2.45. The Balaban J connectivity index is 2.01. The monoisotopic (exact) mass is 246 g/mol. The molecule has 86 valence electrons. The van der Waals surface area contributed by atoms with Gasteiger partial charge >= 0.3 is 0 Å². The molecule has 0 aliphatic carbocycles. The molecule has 2 heterocycles. The highest BCUT2D eigenvalue weighted by molar-refractivity contribution is 8.00. The molecule has 0 radical (unpaired) electrons. The van der Waals surface area contributed by atoms with Crippen LogP contribution in [0.15, 0.2) is 45.9 Å². The summed E-state index contributed by atoms with van der Waals surface area (Å²) in [6.45, 7) is 0. The molecule has 0 spiro atoms. The number of anilines is 2. The summed E-state index contributed by atoms with van der Waals surface area (Å²) >= 11 is 1.45. The Bertz CT molecular complexity index is 566. The fourth-order valence-electron chi connectivity index (χ4n) is 1.78. The van der Waals surface area contributed by atoms with Crippen molar-refractivity contribution in [3.63, 3.8) is 0 Å². The second-order valence-corrected chi connectivity index (χ2v) is 4.87. The second-order valence-electron chi connectivity index (χ2n) is 3.72. The molecule has 2 aromatic rings. The lowest BCUT2D eigenvalue weighted by molar-refractivity contribution is -0.116. The first-order chi connectivity index (χ1) is 8.25. The van der Waals surface area contributed by atoms with Gasteiger partial charge in [0.25, 0.3) is 0 Å². The zero-order valence-corrected chi connectivity index (χ0v) is 9.66. The van der Waals surface area contributed by atoms with Crippen LogP contribution in [0.1, 0.15) is 11.0 Å². The van der Waals surface area contributed by atoms with Crippen molar-refractivity contribution in [2.24, 2.45) is 0 Å². The van der Waals surface area contributed by atoms with Gasteiger partial charge in [0.2, 0.25) is 5.91 Å². The van der Waals surface area contributed by atoms with Crippen molar-refractivity contribution in [3.8, 4) is 0 Å². The molecule has 1 amide bonds. The Hall–Kier alpha value is -1.88. The first-order valence-electron chi connectivity index (χ1n) is 5.15. The largest absolute Gasteiger partial charge is 0.468 e. The lowest BCUT2D eigenvalue weighted by atomic mass is 10.2. The molecule has 0 saturated heterocycles. The molecule has 1 aliphatic rings. The van der Waals surface area contributed by atoms with Crippen molar-refractivity contribution in [2.75, 3.05) is 11.1 Å². The van der Waals surface area contributed by atoms with E-state index in [1.54, 1.807) is 24.5 Å². The predicted molar refractivity (Wildman–Crippen MR) is 66.8 cm³/mol. The minimum Gasteiger partial charge on any atom is -0.468 e. The number of fused-ring (bicyclic) bond motifs is 1. The number of nitrogens with one attached hydrogen (secondary N) is 1. The topological polar surface area (TPSA) is 68.3 Å². The number of rotatable bonds is 1. The molecule has 0 saturated carbocycles. The van der Waals surface area contributed by atoms with Gasteiger partial charge in [0.05, 0.1) is 17.6 Å². The standard InChI is InChI=1S/C12H10N2O2S/c13-7-3-1-5-9-10(7)14-12(15)11(17-9)8-4-2-6-16-8/h1-6,11H,13H2,(H,14,15). The molecule has 1 atom stereocenters. The van der Waals surface area contributed by atoms with Crippen LogP contribution in [-0.2, 0) is 4.79 Å². The summed E-state index contributed by atoms with van der Waals surface area (Å²) < 4.78 is 5.28. The number of thioether (sulfide) groups is 1. The van der Waals surface area contributed by atoms with Crippen molar-refractivity contribution in [1.82, 2.24) is 0 Å². The van der Waals surface area contributed by atoms with Crippen LogP contribution in [0.2, 0.25) is 0 Å². The first-order valence-corrected chi connectivity index (χ1v) is 6.03. The summed E-state index contributed by atoms with van der Waals surface area (Å²) in [6, 6.07) is 9.16. The van der Waals surface area contributed by atoms with Crippen LogP contribution in [0, 0.1) is 0 Å². The summed E-state index contributed by atoms with van der Waals surface area (Å²) in [4.78, 5) is 12.9. The Morgan fingerprint density at radius 3 is 2.94 bits per heavy atom. The summed E-state index contributed by atoms with van der Waals surface area (Å²) in [5.41, 5.74) is 7.10. The van der Waals surface area contributed by atoms with Crippen LogP contribution in [0.5, 0.6) is 0 Å². The third-order valence-electron chi connectivity index (χ3n) is 2.59. The normalized spacial score (nSPS) is 18.6. The average molecular weight is 246 g/mol. The number of furan rings is 1. The van der Waals surface area contributed by atoms with E-state index >= 15 is 0 Å². The SMILES string of the molecule is Nc1cccc2c1NC(=O)C(c1ccco1)S2. The molecule has 3 rings (SSSR count). The smallest absolute Gasteiger partial charge is 0.245 e. The molecule has 1 unspecified atom stereocenters. The van der Waals surface area contributed by atoms with Crippen LogP contribution >= 0.6 is 11.8 Å². The molecule has 1 aliphatic heterocycles. The number of benzene rings is 1. The van der Waals surface area contributed by atoms with Crippen molar-refractivity contribution >= 4 is 29.0 Å². The fraction of sp³-hybridized carbons (Fsp3) is 0.0833. The van der Waals surface area contributed by atoms with Gasteiger partial charge in [-0.1, -0.05) is 6.07 Å². The van der Waals surface area contributed by atoms with Gasteiger partial charge in [-0.15, -0.1) is 11.8 Å². The van der Waals surface area contributed by atoms with E-state index in [0.29, 0.717) is 17.1 Å². The molecule has 3 N–H and O–H groups in total. The van der Waals surface area contributed by atoms with Crippen LogP contribution in [0.25, 0.3) is 0 Å². The zero-order valence-electron chi connectivity index (χ0n) is 8.84. The van der Waals surface area contributed by atoms with Gasteiger partial charge in [-0.25, -0.2) is 0 Å². The Morgan fingerprint density at radius 2 is 2.18 bits per heavy atom. The second kappa shape index (κ2) is 3.85. The lowest BCUT2D eigenvalue weighted by Gasteiger charge is -2.23. The number of nitrogens with two attached hydrogens (primary N) is 1. The van der Waals surface area contributed by atoms with Crippen LogP contribution in [-0.4, -0.2) is 5.91 Å². The van der Waals surface area contributed by atoms with E-state index in [2.05, 4.69) is 5.32 Å². The van der Waals surface area contributed by atoms with E-state index in [1.165, 1.54) is 11.8 Å². The van der Waals surface area contributed by atoms with Crippen LogP contribution in [0.4, 0.5) is 11.4 Å². The predicted octanol–water partition coefficient (Wildman–Crippen LogP) is 2.65. The molecule has 1 aromatic carbocycles. The maximum atomic E-state index is 12.0. The van der Waals surface area contributed by atoms with E-state index in [1.807, 2.05) is 12.1 Å². The van der Waals surface area contributed by atoms with E-state index < -0.39 is 0 Å². The van der Waals surface area contributed by atoms with Gasteiger partial charge in [-0.3, -0.25) is 4.79 Å². The number of para-hydroxylation sites is 1. The molecule has 1 aromatic heterocycles. The summed E-state index contributed by atoms with van der Waals surface area (Å²) in [7, 11) is 0. The van der Waals surface area contributed by atoms with Gasteiger partial charge in [0.15, 0.2) is 0 Å². The van der Waals surface area contributed by atoms with Crippen molar-refractivity contribution in [3.05, 3.63) is 42.4 Å². The molecular weight excluding hydrogens is 236 g/mol. The van der Waals surface area contributed by atoms with E-state index in [0.717, 1.165) is 4.90 Å². The first kappa shape index (κ1) is 10.3. The minimum absolute atomic E-state index is 0.102. The Morgan fingerprint density at radius 1 is 1.29 bits per heavy atom. The van der Waals surface area contributed by atoms with Gasteiger partial charge in [0.1, 0.15) is 11.0 Å². The zero-order chi connectivity index (χ0) is 11.8. The molecule has 0 bridgehead atoms. The summed E-state index contributed by atoms with van der Waals surface area (Å²) in [6.07, 6.45) is 1.57.